The van der Waals surface area contributed by atoms with Gasteiger partial charge in [-0.1, -0.05) is 19.3 Å². The predicted molar refractivity (Wildman–Crippen MR) is 60.3 cm³/mol. The third kappa shape index (κ3) is 1.72. The summed E-state index contributed by atoms with van der Waals surface area (Å²) in [4.78, 5) is 11.5. The van der Waals surface area contributed by atoms with Crippen molar-refractivity contribution in [3.63, 3.8) is 0 Å². The van der Waals surface area contributed by atoms with Gasteiger partial charge in [0.1, 0.15) is 0 Å². The summed E-state index contributed by atoms with van der Waals surface area (Å²) < 4.78 is 1.80. The van der Waals surface area contributed by atoms with Crippen molar-refractivity contribution in [2.45, 2.75) is 51.0 Å². The van der Waals surface area contributed by atoms with Crippen LogP contribution in [0.15, 0.2) is 12.4 Å². The van der Waals surface area contributed by atoms with Crippen LogP contribution in [0.2, 0.25) is 0 Å². The molecule has 2 rings (SSSR count). The minimum atomic E-state index is -0.692. The van der Waals surface area contributed by atoms with E-state index in [0.29, 0.717) is 0 Å². The lowest BCUT2D eigenvalue weighted by atomic mass is 9.70. The Morgan fingerprint density at radius 2 is 2.19 bits per heavy atom. The smallest absolute Gasteiger partial charge is 0.314 e. The second-order valence-electron chi connectivity index (χ2n) is 4.53. The molecule has 1 aliphatic rings. The zero-order valence-corrected chi connectivity index (χ0v) is 9.65. The van der Waals surface area contributed by atoms with E-state index >= 15 is 0 Å². The Hall–Kier alpha value is -1.32. The highest BCUT2D eigenvalue weighted by Crippen LogP contribution is 2.39. The average Bonchev–Trinajstić information content (AvgIpc) is 2.78. The lowest BCUT2D eigenvalue weighted by molar-refractivity contribution is -0.145. The Morgan fingerprint density at radius 3 is 2.69 bits per heavy atom. The number of nitrogens with zero attached hydrogens (tertiary/aromatic N) is 2. The van der Waals surface area contributed by atoms with Gasteiger partial charge in [-0.15, -0.1) is 0 Å². The number of aryl methyl sites for hydroxylation is 1. The van der Waals surface area contributed by atoms with Crippen LogP contribution in [0.3, 0.4) is 0 Å². The molecule has 0 aliphatic heterocycles. The van der Waals surface area contributed by atoms with E-state index in [0.717, 1.165) is 44.2 Å². The number of carboxylic acids is 1. The molecule has 0 bridgehead atoms. The number of aliphatic carboxylic acids is 1. The maximum absolute atomic E-state index is 11.5. The van der Waals surface area contributed by atoms with E-state index in [4.69, 9.17) is 0 Å². The largest absolute Gasteiger partial charge is 0.481 e. The van der Waals surface area contributed by atoms with Crippen molar-refractivity contribution < 1.29 is 9.90 Å². The highest BCUT2D eigenvalue weighted by molar-refractivity contribution is 5.81. The predicted octanol–water partition coefficient (Wildman–Crippen LogP) is 2.19. The number of carbonyl (C=O) groups is 1. The summed E-state index contributed by atoms with van der Waals surface area (Å²) in [5.41, 5.74) is 0.202. The van der Waals surface area contributed by atoms with Crippen LogP contribution in [0.5, 0.6) is 0 Å². The molecule has 1 heterocycles. The van der Waals surface area contributed by atoms with Crippen molar-refractivity contribution in [2.24, 2.45) is 0 Å². The van der Waals surface area contributed by atoms with Gasteiger partial charge in [-0.3, -0.25) is 9.48 Å². The van der Waals surface area contributed by atoms with Gasteiger partial charge in [0.05, 0.1) is 11.6 Å². The van der Waals surface area contributed by atoms with E-state index in [2.05, 4.69) is 5.10 Å². The lowest BCUT2D eigenvalue weighted by Gasteiger charge is -2.32. The summed E-state index contributed by atoms with van der Waals surface area (Å²) in [6, 6.07) is 0. The Labute approximate surface area is 95.3 Å². The third-order valence-electron chi connectivity index (χ3n) is 3.63. The molecule has 4 nitrogen and oxygen atoms in total. The number of aromatic nitrogens is 2. The molecule has 0 unspecified atom stereocenters. The van der Waals surface area contributed by atoms with Crippen molar-refractivity contribution in [3.8, 4) is 0 Å². The first-order valence-corrected chi connectivity index (χ1v) is 5.95. The van der Waals surface area contributed by atoms with Crippen LogP contribution in [0.4, 0.5) is 0 Å². The molecule has 1 saturated carbocycles. The van der Waals surface area contributed by atoms with Crippen LogP contribution in [0.25, 0.3) is 0 Å². The average molecular weight is 222 g/mol. The molecule has 0 saturated heterocycles. The second-order valence-corrected chi connectivity index (χ2v) is 4.53. The van der Waals surface area contributed by atoms with E-state index in [1.807, 2.05) is 13.1 Å². The molecule has 16 heavy (non-hydrogen) atoms. The minimum absolute atomic E-state index is 0.675. The van der Waals surface area contributed by atoms with E-state index in [1.54, 1.807) is 10.9 Å². The Balaban J connectivity index is 2.34. The van der Waals surface area contributed by atoms with Crippen LogP contribution in [0.1, 0.15) is 44.6 Å². The first kappa shape index (κ1) is 11.2. The standard InChI is InChI=1S/C12H18N2O2/c1-2-14-9-10(8-13-14)12(11(15)16)6-4-3-5-7-12/h8-9H,2-7H2,1H3,(H,15,16). The molecule has 1 aromatic heterocycles. The fraction of sp³-hybridized carbons (Fsp3) is 0.667. The quantitative estimate of drug-likeness (QED) is 0.852. The fourth-order valence-electron chi connectivity index (χ4n) is 2.56. The van der Waals surface area contributed by atoms with Crippen LogP contribution < -0.4 is 0 Å². The summed E-state index contributed by atoms with van der Waals surface area (Å²) in [7, 11) is 0. The Kier molecular flexibility index (Phi) is 2.99. The molecule has 0 spiro atoms. The minimum Gasteiger partial charge on any atom is -0.481 e. The second kappa shape index (κ2) is 4.28. The Bertz CT molecular complexity index is 378. The molecule has 0 amide bonds. The fourth-order valence-corrected chi connectivity index (χ4v) is 2.56. The van der Waals surface area contributed by atoms with E-state index in [9.17, 15) is 9.90 Å². The third-order valence-corrected chi connectivity index (χ3v) is 3.63. The summed E-state index contributed by atoms with van der Waals surface area (Å²) in [5, 5.41) is 13.7. The normalized spacial score (nSPS) is 19.6. The van der Waals surface area contributed by atoms with Crippen LogP contribution >= 0.6 is 0 Å². The van der Waals surface area contributed by atoms with Gasteiger partial charge in [0.25, 0.3) is 0 Å². The summed E-state index contributed by atoms with van der Waals surface area (Å²) in [5.74, 6) is -0.692. The van der Waals surface area contributed by atoms with Gasteiger partial charge in [0, 0.05) is 18.3 Å². The Morgan fingerprint density at radius 1 is 1.50 bits per heavy atom. The van der Waals surface area contributed by atoms with Crippen LogP contribution in [-0.2, 0) is 16.8 Å². The zero-order valence-electron chi connectivity index (χ0n) is 9.65. The highest BCUT2D eigenvalue weighted by Gasteiger charge is 2.42. The molecule has 88 valence electrons. The van der Waals surface area contributed by atoms with E-state index < -0.39 is 11.4 Å². The number of carboxylic acid groups (broad SMARTS) is 1. The summed E-state index contributed by atoms with van der Waals surface area (Å²) >= 11 is 0. The van der Waals surface area contributed by atoms with Crippen LogP contribution in [0, 0.1) is 0 Å². The van der Waals surface area contributed by atoms with Crippen molar-refractivity contribution in [3.05, 3.63) is 18.0 Å². The molecule has 0 aromatic carbocycles. The van der Waals surface area contributed by atoms with Crippen molar-refractivity contribution in [2.75, 3.05) is 0 Å². The van der Waals surface area contributed by atoms with Gasteiger partial charge >= 0.3 is 5.97 Å². The first-order valence-electron chi connectivity index (χ1n) is 5.95. The van der Waals surface area contributed by atoms with Crippen molar-refractivity contribution >= 4 is 5.97 Å². The maximum Gasteiger partial charge on any atom is 0.314 e. The highest BCUT2D eigenvalue weighted by atomic mass is 16.4. The SMILES string of the molecule is CCn1cc(C2(C(=O)O)CCCCC2)cn1. The van der Waals surface area contributed by atoms with E-state index in [1.165, 1.54) is 0 Å². The lowest BCUT2D eigenvalue weighted by Crippen LogP contribution is -2.37. The van der Waals surface area contributed by atoms with E-state index in [-0.39, 0.29) is 0 Å². The molecule has 1 fully saturated rings. The number of hydrogen-bond donors (Lipinski definition) is 1. The summed E-state index contributed by atoms with van der Waals surface area (Å²) in [6.07, 6.45) is 8.27. The van der Waals surface area contributed by atoms with Gasteiger partial charge in [-0.2, -0.15) is 5.10 Å². The number of rotatable bonds is 3. The number of hydrogen-bond acceptors (Lipinski definition) is 2. The molecule has 1 aliphatic carbocycles. The molecular formula is C12H18N2O2. The first-order chi connectivity index (χ1) is 7.69. The van der Waals surface area contributed by atoms with Gasteiger partial charge in [-0.05, 0) is 19.8 Å². The monoisotopic (exact) mass is 222 g/mol. The molecule has 0 atom stereocenters. The van der Waals surface area contributed by atoms with Gasteiger partial charge in [0.15, 0.2) is 0 Å². The molecule has 0 radical (unpaired) electrons. The van der Waals surface area contributed by atoms with Crippen LogP contribution in [-0.4, -0.2) is 20.9 Å². The van der Waals surface area contributed by atoms with Crippen molar-refractivity contribution in [1.29, 1.82) is 0 Å². The van der Waals surface area contributed by atoms with Crippen molar-refractivity contribution in [1.82, 2.24) is 9.78 Å². The van der Waals surface area contributed by atoms with Gasteiger partial charge < -0.3 is 5.11 Å². The summed E-state index contributed by atoms with van der Waals surface area (Å²) in [6.45, 7) is 2.79. The molecular weight excluding hydrogens is 204 g/mol. The molecule has 1 aromatic rings. The molecule has 4 heteroatoms. The molecule has 1 N–H and O–H groups in total. The van der Waals surface area contributed by atoms with Gasteiger partial charge in [-0.25, -0.2) is 0 Å². The van der Waals surface area contributed by atoms with Gasteiger partial charge in [0.2, 0.25) is 0 Å². The maximum atomic E-state index is 11.5. The zero-order chi connectivity index (χ0) is 11.6. The topological polar surface area (TPSA) is 55.1 Å².